The highest BCUT2D eigenvalue weighted by Gasteiger charge is 2.17. The Bertz CT molecular complexity index is 426. The van der Waals surface area contributed by atoms with E-state index < -0.39 is 0 Å². The van der Waals surface area contributed by atoms with E-state index in [2.05, 4.69) is 77.0 Å². The summed E-state index contributed by atoms with van der Waals surface area (Å²) in [6.45, 7) is 29.4. The first-order chi connectivity index (χ1) is 13.1. The summed E-state index contributed by atoms with van der Waals surface area (Å²) in [5, 5.41) is 6.46. The minimum absolute atomic E-state index is 0.124. The van der Waals surface area contributed by atoms with Gasteiger partial charge in [0.15, 0.2) is 0 Å². The van der Waals surface area contributed by atoms with Crippen molar-refractivity contribution in [2.45, 2.75) is 95.5 Å². The Morgan fingerprint density at radius 1 is 0.821 bits per heavy atom. The smallest absolute Gasteiger partial charge is 0.0287 e. The molecule has 0 aliphatic heterocycles. The van der Waals surface area contributed by atoms with Crippen LogP contribution in [0, 0.1) is 10.8 Å². The van der Waals surface area contributed by atoms with Gasteiger partial charge in [-0.15, -0.1) is 0 Å². The lowest BCUT2D eigenvalue weighted by Gasteiger charge is -2.24. The van der Waals surface area contributed by atoms with E-state index in [0.29, 0.717) is 6.04 Å². The third-order valence-electron chi connectivity index (χ3n) is 3.72. The summed E-state index contributed by atoms with van der Waals surface area (Å²) in [4.78, 5) is 0. The van der Waals surface area contributed by atoms with Crippen molar-refractivity contribution < 1.29 is 0 Å². The van der Waals surface area contributed by atoms with E-state index in [-0.39, 0.29) is 10.8 Å². The van der Waals surface area contributed by atoms with Crippen molar-refractivity contribution >= 4 is 0 Å². The SMILES string of the molecule is C=C/C(=C\C(C/C=C(\C=C/NC)C(C)(C)C)NC)C(C)(C)C.CC.CC.CC. The molecule has 0 aromatic rings. The molecule has 168 valence electrons. The van der Waals surface area contributed by atoms with E-state index in [1.807, 2.05) is 67.9 Å². The van der Waals surface area contributed by atoms with Gasteiger partial charge in [-0.2, -0.15) is 0 Å². The summed E-state index contributed by atoms with van der Waals surface area (Å²) in [5.41, 5.74) is 2.88. The molecule has 0 saturated heterocycles. The van der Waals surface area contributed by atoms with E-state index >= 15 is 0 Å². The van der Waals surface area contributed by atoms with Gasteiger partial charge in [0.05, 0.1) is 0 Å². The van der Waals surface area contributed by atoms with Gasteiger partial charge in [0.1, 0.15) is 0 Å². The summed E-state index contributed by atoms with van der Waals surface area (Å²) < 4.78 is 0. The third kappa shape index (κ3) is 18.1. The zero-order valence-corrected chi connectivity index (χ0v) is 21.9. The molecule has 0 aromatic heterocycles. The molecule has 0 fully saturated rings. The highest BCUT2D eigenvalue weighted by molar-refractivity contribution is 5.28. The molecule has 0 saturated carbocycles. The minimum Gasteiger partial charge on any atom is -0.394 e. The highest BCUT2D eigenvalue weighted by atomic mass is 14.9. The van der Waals surface area contributed by atoms with Gasteiger partial charge < -0.3 is 10.6 Å². The van der Waals surface area contributed by atoms with Gasteiger partial charge in [0.2, 0.25) is 0 Å². The molecule has 1 unspecified atom stereocenters. The largest absolute Gasteiger partial charge is 0.394 e. The molecule has 0 spiro atoms. The standard InChI is InChI=1S/C20H36N2.3C2H6/c1-10-16(19(2,3)4)15-18(22-9)12-11-17(13-14-21-8)20(5,6)7;3*1-2/h10-11,13-15,18,21-22H,1,12H2,2-9H3;3*1-2H3/b14-13-,16-15+,17-11+;;;. The number of rotatable bonds is 7. The van der Waals surface area contributed by atoms with Crippen molar-refractivity contribution in [3.8, 4) is 0 Å². The van der Waals surface area contributed by atoms with E-state index in [4.69, 9.17) is 0 Å². The molecule has 0 radical (unpaired) electrons. The molecule has 28 heavy (non-hydrogen) atoms. The van der Waals surface area contributed by atoms with Crippen LogP contribution in [0.5, 0.6) is 0 Å². The van der Waals surface area contributed by atoms with Crippen LogP contribution in [0.3, 0.4) is 0 Å². The lowest BCUT2D eigenvalue weighted by molar-refractivity contribution is 0.504. The van der Waals surface area contributed by atoms with Crippen LogP contribution in [-0.4, -0.2) is 20.1 Å². The number of hydrogen-bond acceptors (Lipinski definition) is 2. The Morgan fingerprint density at radius 3 is 1.54 bits per heavy atom. The molecule has 2 N–H and O–H groups in total. The van der Waals surface area contributed by atoms with Crippen LogP contribution in [0.25, 0.3) is 0 Å². The van der Waals surface area contributed by atoms with Crippen LogP contribution in [0.4, 0.5) is 0 Å². The van der Waals surface area contributed by atoms with Gasteiger partial charge in [-0.1, -0.05) is 108 Å². The third-order valence-corrected chi connectivity index (χ3v) is 3.72. The quantitative estimate of drug-likeness (QED) is 0.429. The molecule has 2 nitrogen and oxygen atoms in total. The number of nitrogens with one attached hydrogen (secondary N) is 2. The van der Waals surface area contributed by atoms with Gasteiger partial charge in [0, 0.05) is 13.1 Å². The van der Waals surface area contributed by atoms with Crippen molar-refractivity contribution in [2.75, 3.05) is 14.1 Å². The Balaban J connectivity index is -0.000000434. The molecule has 2 heteroatoms. The molecule has 0 aliphatic carbocycles. The number of likely N-dealkylation sites (N-methyl/N-ethyl adjacent to an activating group) is 1. The summed E-state index contributed by atoms with van der Waals surface area (Å²) in [7, 11) is 3.94. The normalized spacial score (nSPS) is 13.2. The second-order valence-corrected chi connectivity index (χ2v) is 7.74. The number of allylic oxidation sites excluding steroid dienone is 4. The first kappa shape index (κ1) is 34.2. The Hall–Kier alpha value is -1.28. The topological polar surface area (TPSA) is 24.1 Å². The van der Waals surface area contributed by atoms with Crippen LogP contribution in [0.2, 0.25) is 0 Å². The Kier molecular flexibility index (Phi) is 25.0. The second-order valence-electron chi connectivity index (χ2n) is 7.74. The van der Waals surface area contributed by atoms with Crippen LogP contribution in [-0.2, 0) is 0 Å². The molecule has 0 heterocycles. The van der Waals surface area contributed by atoms with Crippen LogP contribution in [0.1, 0.15) is 89.5 Å². The molecule has 0 aliphatic rings. The van der Waals surface area contributed by atoms with Gasteiger partial charge in [-0.25, -0.2) is 0 Å². The van der Waals surface area contributed by atoms with Crippen LogP contribution >= 0.6 is 0 Å². The van der Waals surface area contributed by atoms with Gasteiger partial charge in [-0.05, 0) is 47.7 Å². The van der Waals surface area contributed by atoms with E-state index in [0.717, 1.165) is 6.42 Å². The monoisotopic (exact) mass is 394 g/mol. The fourth-order valence-electron chi connectivity index (χ4n) is 2.16. The fourth-order valence-corrected chi connectivity index (χ4v) is 2.16. The maximum absolute atomic E-state index is 3.96. The molecular formula is C26H54N2. The Labute approximate surface area is 179 Å². The molecule has 0 aromatic carbocycles. The maximum atomic E-state index is 3.96. The minimum atomic E-state index is 0.124. The first-order valence-electron chi connectivity index (χ1n) is 11.1. The summed E-state index contributed by atoms with van der Waals surface area (Å²) >= 11 is 0. The lowest BCUT2D eigenvalue weighted by atomic mass is 9.83. The van der Waals surface area contributed by atoms with E-state index in [9.17, 15) is 0 Å². The molecular weight excluding hydrogens is 340 g/mol. The van der Waals surface area contributed by atoms with Crippen LogP contribution in [0.15, 0.2) is 48.2 Å². The Morgan fingerprint density at radius 2 is 1.25 bits per heavy atom. The van der Waals surface area contributed by atoms with Crippen molar-refractivity contribution in [2.24, 2.45) is 10.8 Å². The van der Waals surface area contributed by atoms with Crippen molar-refractivity contribution in [3.05, 3.63) is 48.2 Å². The predicted octanol–water partition coefficient (Wildman–Crippen LogP) is 7.91. The second kappa shape index (κ2) is 20.5. The maximum Gasteiger partial charge on any atom is 0.0287 e. The van der Waals surface area contributed by atoms with Crippen molar-refractivity contribution in [1.29, 1.82) is 0 Å². The predicted molar refractivity (Wildman–Crippen MR) is 135 cm³/mol. The van der Waals surface area contributed by atoms with Gasteiger partial charge in [-0.3, -0.25) is 0 Å². The summed E-state index contributed by atoms with van der Waals surface area (Å²) in [6.07, 6.45) is 11.7. The first-order valence-corrected chi connectivity index (χ1v) is 11.1. The van der Waals surface area contributed by atoms with Gasteiger partial charge >= 0.3 is 0 Å². The molecule has 0 bridgehead atoms. The van der Waals surface area contributed by atoms with Crippen molar-refractivity contribution in [1.82, 2.24) is 10.6 Å². The number of hydrogen-bond donors (Lipinski definition) is 2. The molecule has 1 atom stereocenters. The fraction of sp³-hybridized carbons (Fsp3) is 0.692. The average Bonchev–Trinajstić information content (AvgIpc) is 2.66. The van der Waals surface area contributed by atoms with Crippen LogP contribution < -0.4 is 10.6 Å². The zero-order valence-electron chi connectivity index (χ0n) is 21.9. The van der Waals surface area contributed by atoms with Gasteiger partial charge in [0.25, 0.3) is 0 Å². The zero-order chi connectivity index (χ0) is 23.4. The lowest BCUT2D eigenvalue weighted by Crippen LogP contribution is -2.24. The van der Waals surface area contributed by atoms with Crippen molar-refractivity contribution in [3.63, 3.8) is 0 Å². The summed E-state index contributed by atoms with van der Waals surface area (Å²) in [6, 6.07) is 0.313. The van der Waals surface area contributed by atoms with E-state index in [1.54, 1.807) is 0 Å². The summed E-state index contributed by atoms with van der Waals surface area (Å²) in [5.74, 6) is 0. The van der Waals surface area contributed by atoms with E-state index in [1.165, 1.54) is 11.1 Å². The average molecular weight is 395 g/mol. The molecule has 0 amide bonds. The highest BCUT2D eigenvalue weighted by Crippen LogP contribution is 2.28. The molecule has 0 rings (SSSR count).